The van der Waals surface area contributed by atoms with Gasteiger partial charge in [0.2, 0.25) is 11.6 Å². The third kappa shape index (κ3) is 2.93. The van der Waals surface area contributed by atoms with Gasteiger partial charge < -0.3 is 14.3 Å². The molecule has 0 atom stereocenters. The molecule has 4 rings (SSSR count). The smallest absolute Gasteiger partial charge is 0.550 e. The van der Waals surface area contributed by atoms with E-state index in [1.54, 1.807) is 6.92 Å². The third-order valence-electron chi connectivity index (χ3n) is 5.73. The first-order valence-corrected chi connectivity index (χ1v) is 8.80. The van der Waals surface area contributed by atoms with Crippen molar-refractivity contribution in [3.05, 3.63) is 45.7 Å². The van der Waals surface area contributed by atoms with Crippen LogP contribution in [-0.2, 0) is 23.1 Å². The number of aliphatic carboxylic acids is 1. The van der Waals surface area contributed by atoms with Crippen LogP contribution in [0.2, 0.25) is 0 Å². The summed E-state index contributed by atoms with van der Waals surface area (Å²) in [5.74, 6) is -1.95. The number of carbonyl (C=O) groups excluding carboxylic acids is 3. The molecule has 2 aliphatic carbocycles. The summed E-state index contributed by atoms with van der Waals surface area (Å²) in [5, 5.41) is 11.0. The van der Waals surface area contributed by atoms with Crippen LogP contribution in [0.5, 0.6) is 0 Å². The minimum absolute atomic E-state index is 0. The number of fused-ring (bicyclic) bond motifs is 5. The van der Waals surface area contributed by atoms with Gasteiger partial charge in [-0.1, -0.05) is 26.0 Å². The maximum Gasteiger partial charge on any atom is 1.00 e. The number of rotatable bonds is 2. The Morgan fingerprint density at radius 1 is 1.19 bits per heavy atom. The predicted octanol–water partition coefficient (Wildman–Crippen LogP) is -0.456. The van der Waals surface area contributed by atoms with Crippen molar-refractivity contribution in [2.45, 2.75) is 51.9 Å². The van der Waals surface area contributed by atoms with E-state index in [1.165, 1.54) is 0 Å². The van der Waals surface area contributed by atoms with Gasteiger partial charge in [-0.15, -0.1) is 0 Å². The minimum Gasteiger partial charge on any atom is -0.550 e. The summed E-state index contributed by atoms with van der Waals surface area (Å²) in [7, 11) is 0. The molecule has 0 bridgehead atoms. The van der Waals surface area contributed by atoms with Gasteiger partial charge in [0.05, 0.1) is 5.56 Å². The fraction of sp³-hybridized carbons (Fsp3) is 0.381. The Morgan fingerprint density at radius 3 is 2.52 bits per heavy atom. The topological polar surface area (TPSA) is 87.4 Å². The molecular weight excluding hydrogens is 355 g/mol. The van der Waals surface area contributed by atoms with Crippen molar-refractivity contribution in [3.63, 3.8) is 0 Å². The second kappa shape index (κ2) is 6.73. The second-order valence-corrected chi connectivity index (χ2v) is 7.81. The number of hydrogen-bond donors (Lipinski definition) is 0. The van der Waals surface area contributed by atoms with Crippen molar-refractivity contribution >= 4 is 17.5 Å². The number of ketones is 2. The molecule has 6 heteroatoms. The Hall–Kier alpha value is -1.69. The molecule has 134 valence electrons. The summed E-state index contributed by atoms with van der Waals surface area (Å²) in [6, 6.07) is 3.84. The van der Waals surface area contributed by atoms with Gasteiger partial charge in [-0.2, -0.15) is 0 Å². The molecule has 1 heterocycles. The molecule has 1 aromatic heterocycles. The van der Waals surface area contributed by atoms with E-state index in [9.17, 15) is 19.5 Å². The summed E-state index contributed by atoms with van der Waals surface area (Å²) in [5.41, 5.74) is 3.60. The molecule has 27 heavy (non-hydrogen) atoms. The molecule has 0 N–H and O–H groups in total. The van der Waals surface area contributed by atoms with E-state index in [0.717, 1.165) is 30.4 Å². The molecule has 0 saturated heterocycles. The van der Waals surface area contributed by atoms with Crippen LogP contribution in [0.1, 0.15) is 69.9 Å². The maximum absolute atomic E-state index is 12.9. The van der Waals surface area contributed by atoms with Crippen molar-refractivity contribution in [2.75, 3.05) is 0 Å². The van der Waals surface area contributed by atoms with E-state index in [2.05, 4.69) is 13.8 Å². The van der Waals surface area contributed by atoms with Crippen molar-refractivity contribution < 1.29 is 53.5 Å². The molecular formula is C21H19NaO5. The van der Waals surface area contributed by atoms with Crippen LogP contribution in [0, 0.1) is 6.92 Å². The van der Waals surface area contributed by atoms with Crippen LogP contribution >= 0.6 is 0 Å². The largest absolute Gasteiger partial charge is 1.00 e. The molecule has 2 aliphatic rings. The van der Waals surface area contributed by atoms with Gasteiger partial charge in [0.25, 0.3) is 0 Å². The summed E-state index contributed by atoms with van der Waals surface area (Å²) in [6.07, 6.45) is 2.31. The molecule has 1 aromatic carbocycles. The van der Waals surface area contributed by atoms with E-state index in [1.807, 2.05) is 12.1 Å². The zero-order valence-electron chi connectivity index (χ0n) is 16.0. The normalized spacial score (nSPS) is 16.9. The second-order valence-electron chi connectivity index (χ2n) is 7.81. The first-order chi connectivity index (χ1) is 12.2. The Morgan fingerprint density at radius 2 is 1.85 bits per heavy atom. The van der Waals surface area contributed by atoms with Crippen LogP contribution in [0.15, 0.2) is 16.5 Å². The third-order valence-corrected chi connectivity index (χ3v) is 5.73. The van der Waals surface area contributed by atoms with Crippen molar-refractivity contribution in [2.24, 2.45) is 0 Å². The van der Waals surface area contributed by atoms with Crippen LogP contribution in [0.3, 0.4) is 0 Å². The zero-order valence-corrected chi connectivity index (χ0v) is 18.0. The van der Waals surface area contributed by atoms with Gasteiger partial charge >= 0.3 is 29.6 Å². The number of Topliss-reactive ketones (excluding diaryl/α,β-unsaturated/α-hetero) is 2. The van der Waals surface area contributed by atoms with Gasteiger partial charge in [-0.3, -0.25) is 9.59 Å². The average Bonchev–Trinajstić information content (AvgIpc) is 2.88. The quantitative estimate of drug-likeness (QED) is 0.525. The number of carbonyl (C=O) groups is 3. The Kier molecular flexibility index (Phi) is 5.00. The molecule has 5 nitrogen and oxygen atoms in total. The van der Waals surface area contributed by atoms with Gasteiger partial charge in [0, 0.05) is 29.1 Å². The molecule has 0 aliphatic heterocycles. The standard InChI is InChI=1S/C21H20O5.Na/c1-10-14(9-15(22)23)26-20-12-6-7-13-11(5-4-8-21(13,2)3)17(12)19(25)18(24)16(10)20;/h6-7H,4-5,8-9H2,1-3H3,(H,22,23);/q;+1/p-1. The fourth-order valence-corrected chi connectivity index (χ4v) is 4.38. The monoisotopic (exact) mass is 374 g/mol. The Bertz CT molecular complexity index is 996. The molecule has 2 aromatic rings. The summed E-state index contributed by atoms with van der Waals surface area (Å²) in [6.45, 7) is 5.90. The number of furan rings is 1. The van der Waals surface area contributed by atoms with Gasteiger partial charge in [-0.25, -0.2) is 0 Å². The van der Waals surface area contributed by atoms with E-state index in [0.29, 0.717) is 22.5 Å². The minimum atomic E-state index is -1.29. The average molecular weight is 374 g/mol. The van der Waals surface area contributed by atoms with Crippen LogP contribution < -0.4 is 34.7 Å². The first-order valence-electron chi connectivity index (χ1n) is 8.80. The number of carboxylic acids is 1. The van der Waals surface area contributed by atoms with E-state index >= 15 is 0 Å². The Labute approximate surface area is 179 Å². The van der Waals surface area contributed by atoms with E-state index in [4.69, 9.17) is 4.42 Å². The van der Waals surface area contributed by atoms with Crippen molar-refractivity contribution in [3.8, 4) is 11.3 Å². The molecule has 0 fully saturated rings. The first kappa shape index (κ1) is 20.1. The predicted molar refractivity (Wildman–Crippen MR) is 92.2 cm³/mol. The molecule has 0 saturated carbocycles. The summed E-state index contributed by atoms with van der Waals surface area (Å²) >= 11 is 0. The maximum atomic E-state index is 12.9. The van der Waals surface area contributed by atoms with Gasteiger partial charge in [0.1, 0.15) is 11.5 Å². The number of carboxylic acid groups (broad SMARTS) is 1. The SMILES string of the molecule is Cc1c(CC(=O)[O-])oc2c1C(=O)C(=O)c1c-2ccc2c1CCCC2(C)C.[Na+]. The van der Waals surface area contributed by atoms with Crippen LogP contribution in [0.25, 0.3) is 11.3 Å². The summed E-state index contributed by atoms with van der Waals surface area (Å²) < 4.78 is 5.74. The van der Waals surface area contributed by atoms with Crippen LogP contribution in [0.4, 0.5) is 0 Å². The number of hydrogen-bond acceptors (Lipinski definition) is 5. The molecule has 0 unspecified atom stereocenters. The molecule has 0 radical (unpaired) electrons. The van der Waals surface area contributed by atoms with E-state index < -0.39 is 24.0 Å². The van der Waals surface area contributed by atoms with Crippen molar-refractivity contribution in [1.29, 1.82) is 0 Å². The molecule has 0 amide bonds. The zero-order chi connectivity index (χ0) is 18.8. The number of benzene rings is 1. The van der Waals surface area contributed by atoms with E-state index in [-0.39, 0.29) is 46.3 Å². The van der Waals surface area contributed by atoms with Gasteiger partial charge in [0.15, 0.2) is 0 Å². The van der Waals surface area contributed by atoms with Crippen LogP contribution in [-0.4, -0.2) is 17.5 Å². The Balaban J connectivity index is 0.00000210. The fourth-order valence-electron chi connectivity index (χ4n) is 4.38. The van der Waals surface area contributed by atoms with Crippen molar-refractivity contribution in [1.82, 2.24) is 0 Å². The van der Waals surface area contributed by atoms with Gasteiger partial charge in [-0.05, 0) is 42.7 Å². The molecule has 0 spiro atoms. The summed E-state index contributed by atoms with van der Waals surface area (Å²) in [4.78, 5) is 36.7.